The summed E-state index contributed by atoms with van der Waals surface area (Å²) in [6, 6.07) is 16.8. The van der Waals surface area contributed by atoms with Crippen molar-refractivity contribution in [3.8, 4) is 5.75 Å². The third-order valence-corrected chi connectivity index (χ3v) is 6.64. The molecule has 5 rings (SSSR count). The minimum Gasteiger partial charge on any atom is -0.497 e. The highest BCUT2D eigenvalue weighted by molar-refractivity contribution is 5.87. The molecule has 2 aliphatic rings. The Morgan fingerprint density at radius 2 is 1.90 bits per heavy atom. The number of methoxy groups -OCH3 is 1. The monoisotopic (exact) mass is 403 g/mol. The first kappa shape index (κ1) is 19.0. The molecule has 5 nitrogen and oxygen atoms in total. The Bertz CT molecular complexity index is 1040. The Morgan fingerprint density at radius 3 is 2.67 bits per heavy atom. The molecular weight excluding hydrogens is 374 g/mol. The van der Waals surface area contributed by atoms with E-state index in [9.17, 15) is 4.79 Å². The van der Waals surface area contributed by atoms with E-state index in [1.54, 1.807) is 7.11 Å². The van der Waals surface area contributed by atoms with Crippen molar-refractivity contribution < 1.29 is 9.53 Å². The minimum atomic E-state index is -0.114. The van der Waals surface area contributed by atoms with Crippen molar-refractivity contribution in [1.29, 1.82) is 0 Å². The lowest BCUT2D eigenvalue weighted by Crippen LogP contribution is -2.49. The minimum absolute atomic E-state index is 0.0534. The molecule has 1 aliphatic carbocycles. The van der Waals surface area contributed by atoms with Crippen molar-refractivity contribution in [3.05, 3.63) is 65.4 Å². The van der Waals surface area contributed by atoms with Crippen LogP contribution in [0.2, 0.25) is 0 Å². The van der Waals surface area contributed by atoms with Gasteiger partial charge in [-0.15, -0.1) is 0 Å². The molecule has 3 aromatic rings. The first-order chi connectivity index (χ1) is 14.7. The van der Waals surface area contributed by atoms with Crippen molar-refractivity contribution >= 4 is 16.9 Å². The maximum Gasteiger partial charge on any atom is 0.318 e. The molecule has 30 heavy (non-hydrogen) atoms. The van der Waals surface area contributed by atoms with Gasteiger partial charge in [-0.1, -0.05) is 49.6 Å². The standard InChI is InChI=1S/C25H29N3O2/c1-30-19-12-13-22-21(16-19)20-14-15-28(25(29)26-18-10-6-3-7-11-18)24(23(20)27-22)17-8-4-2-5-9-17/h2,4-5,8-9,12-13,16,18,24,27H,3,6-7,10-11,14-15H2,1H3,(H,26,29). The molecule has 0 radical (unpaired) electrons. The lowest BCUT2D eigenvalue weighted by Gasteiger charge is -2.37. The number of H-pyrrole nitrogens is 1. The van der Waals surface area contributed by atoms with Gasteiger partial charge in [0.1, 0.15) is 5.75 Å². The van der Waals surface area contributed by atoms with Crippen LogP contribution in [-0.2, 0) is 6.42 Å². The van der Waals surface area contributed by atoms with E-state index >= 15 is 0 Å². The van der Waals surface area contributed by atoms with Gasteiger partial charge in [0.05, 0.1) is 13.2 Å². The van der Waals surface area contributed by atoms with Gasteiger partial charge >= 0.3 is 6.03 Å². The predicted octanol–water partition coefficient (Wildman–Crippen LogP) is 5.17. The second-order valence-electron chi connectivity index (χ2n) is 8.47. The fraction of sp³-hybridized carbons (Fsp3) is 0.400. The van der Waals surface area contributed by atoms with Crippen molar-refractivity contribution in [2.75, 3.05) is 13.7 Å². The number of carbonyl (C=O) groups is 1. The molecule has 0 bridgehead atoms. The van der Waals surface area contributed by atoms with Gasteiger partial charge in [-0.2, -0.15) is 0 Å². The number of nitrogens with one attached hydrogen (secondary N) is 2. The number of aromatic amines is 1. The van der Waals surface area contributed by atoms with Gasteiger partial charge in [-0.05, 0) is 48.6 Å². The van der Waals surface area contributed by atoms with Crippen molar-refractivity contribution in [2.45, 2.75) is 50.6 Å². The molecular formula is C25H29N3O2. The molecule has 1 fully saturated rings. The summed E-state index contributed by atoms with van der Waals surface area (Å²) in [6.45, 7) is 0.704. The molecule has 2 N–H and O–H groups in total. The molecule has 2 heterocycles. The Kier molecular flexibility index (Phi) is 5.11. The van der Waals surface area contributed by atoms with Crippen LogP contribution in [0.4, 0.5) is 4.79 Å². The molecule has 1 saturated carbocycles. The number of hydrogen-bond donors (Lipinski definition) is 2. The zero-order chi connectivity index (χ0) is 20.5. The molecule has 0 spiro atoms. The Labute approximate surface area is 177 Å². The molecule has 1 aliphatic heterocycles. The van der Waals surface area contributed by atoms with Crippen molar-refractivity contribution in [1.82, 2.24) is 15.2 Å². The smallest absolute Gasteiger partial charge is 0.318 e. The number of benzene rings is 2. The Balaban J connectivity index is 1.54. The number of urea groups is 1. The van der Waals surface area contributed by atoms with Crippen LogP contribution >= 0.6 is 0 Å². The van der Waals surface area contributed by atoms with Crippen LogP contribution in [0.3, 0.4) is 0 Å². The van der Waals surface area contributed by atoms with Crippen LogP contribution in [-0.4, -0.2) is 35.6 Å². The van der Waals surface area contributed by atoms with Crippen LogP contribution < -0.4 is 10.1 Å². The summed E-state index contributed by atoms with van der Waals surface area (Å²) in [5, 5.41) is 4.52. The van der Waals surface area contributed by atoms with Gasteiger partial charge < -0.3 is 19.9 Å². The lowest BCUT2D eigenvalue weighted by molar-refractivity contribution is 0.172. The average molecular weight is 404 g/mol. The number of aromatic nitrogens is 1. The van der Waals surface area contributed by atoms with E-state index in [4.69, 9.17) is 4.74 Å². The highest BCUT2D eigenvalue weighted by Crippen LogP contribution is 2.39. The molecule has 1 atom stereocenters. The number of ether oxygens (including phenoxy) is 1. The SMILES string of the molecule is COc1ccc2[nH]c3c(c2c1)CCN(C(=O)NC1CCCCC1)C3c1ccccc1. The van der Waals surface area contributed by atoms with E-state index in [-0.39, 0.29) is 12.1 Å². The zero-order valence-corrected chi connectivity index (χ0v) is 17.5. The number of carbonyl (C=O) groups excluding carboxylic acids is 1. The first-order valence-corrected chi connectivity index (χ1v) is 11.0. The summed E-state index contributed by atoms with van der Waals surface area (Å²) in [4.78, 5) is 19.0. The topological polar surface area (TPSA) is 57.4 Å². The molecule has 1 aromatic heterocycles. The van der Waals surface area contributed by atoms with Crippen LogP contribution in [0.25, 0.3) is 10.9 Å². The fourth-order valence-electron chi connectivity index (χ4n) is 5.10. The van der Waals surface area contributed by atoms with Crippen LogP contribution in [0.15, 0.2) is 48.5 Å². The van der Waals surface area contributed by atoms with Gasteiger partial charge in [0.15, 0.2) is 0 Å². The maximum absolute atomic E-state index is 13.4. The third-order valence-electron chi connectivity index (χ3n) is 6.64. The Morgan fingerprint density at radius 1 is 1.10 bits per heavy atom. The summed E-state index contributed by atoms with van der Waals surface area (Å²) >= 11 is 0. The van der Waals surface area contributed by atoms with Gasteiger partial charge in [-0.25, -0.2) is 4.79 Å². The second-order valence-corrected chi connectivity index (χ2v) is 8.47. The normalized spacial score (nSPS) is 19.5. The van der Waals surface area contributed by atoms with Crippen molar-refractivity contribution in [2.24, 2.45) is 0 Å². The van der Waals surface area contributed by atoms with Gasteiger partial charge in [-0.3, -0.25) is 0 Å². The van der Waals surface area contributed by atoms with E-state index in [1.807, 2.05) is 29.2 Å². The summed E-state index contributed by atoms with van der Waals surface area (Å²) in [6.07, 6.45) is 6.72. The molecule has 0 saturated heterocycles. The highest BCUT2D eigenvalue weighted by atomic mass is 16.5. The predicted molar refractivity (Wildman–Crippen MR) is 119 cm³/mol. The van der Waals surface area contributed by atoms with Gasteiger partial charge in [0, 0.05) is 29.2 Å². The van der Waals surface area contributed by atoms with Crippen LogP contribution in [0.5, 0.6) is 5.75 Å². The molecule has 156 valence electrons. The van der Waals surface area contributed by atoms with E-state index in [0.29, 0.717) is 12.6 Å². The molecule has 2 aromatic carbocycles. The third kappa shape index (κ3) is 3.42. The zero-order valence-electron chi connectivity index (χ0n) is 17.5. The molecule has 1 unspecified atom stereocenters. The second kappa shape index (κ2) is 8.05. The maximum atomic E-state index is 13.4. The van der Waals surface area contributed by atoms with E-state index in [1.165, 1.54) is 30.2 Å². The summed E-state index contributed by atoms with van der Waals surface area (Å²) in [7, 11) is 1.70. The highest BCUT2D eigenvalue weighted by Gasteiger charge is 2.35. The van der Waals surface area contributed by atoms with Gasteiger partial charge in [0.2, 0.25) is 0 Å². The number of amides is 2. The Hall–Kier alpha value is -2.95. The lowest BCUT2D eigenvalue weighted by atomic mass is 9.92. The van der Waals surface area contributed by atoms with E-state index in [0.717, 1.165) is 41.8 Å². The van der Waals surface area contributed by atoms with Crippen LogP contribution in [0.1, 0.15) is 55.0 Å². The van der Waals surface area contributed by atoms with Gasteiger partial charge in [0.25, 0.3) is 0 Å². The summed E-state index contributed by atoms with van der Waals surface area (Å²) < 4.78 is 5.45. The number of hydrogen-bond acceptors (Lipinski definition) is 2. The first-order valence-electron chi connectivity index (χ1n) is 11.0. The quantitative estimate of drug-likeness (QED) is 0.634. The average Bonchev–Trinajstić information content (AvgIpc) is 3.17. The van der Waals surface area contributed by atoms with Crippen LogP contribution in [0, 0.1) is 0 Å². The summed E-state index contributed by atoms with van der Waals surface area (Å²) in [5.74, 6) is 0.859. The van der Waals surface area contributed by atoms with Crippen molar-refractivity contribution in [3.63, 3.8) is 0 Å². The number of rotatable bonds is 3. The molecule has 2 amide bonds. The fourth-order valence-corrected chi connectivity index (χ4v) is 5.10. The summed E-state index contributed by atoms with van der Waals surface area (Å²) in [5.41, 5.74) is 4.64. The number of nitrogens with zero attached hydrogens (tertiary/aromatic N) is 1. The number of fused-ring (bicyclic) bond motifs is 3. The largest absolute Gasteiger partial charge is 0.497 e. The molecule has 5 heteroatoms. The van der Waals surface area contributed by atoms with E-state index < -0.39 is 0 Å². The van der Waals surface area contributed by atoms with E-state index in [2.05, 4.69) is 34.6 Å².